The Morgan fingerprint density at radius 1 is 1.11 bits per heavy atom. The Kier molecular flexibility index (Phi) is 4.53. The molecule has 2 nitrogen and oxygen atoms in total. The second-order valence-corrected chi connectivity index (χ2v) is 4.47. The van der Waals surface area contributed by atoms with Crippen LogP contribution in [0.25, 0.3) is 0 Å². The Labute approximate surface area is 113 Å². The molecule has 19 heavy (non-hydrogen) atoms. The fraction of sp³-hybridized carbons (Fsp3) is 0.250. The number of ether oxygens (including phenoxy) is 1. The van der Waals surface area contributed by atoms with Gasteiger partial charge in [0.2, 0.25) is 0 Å². The van der Waals surface area contributed by atoms with E-state index in [1.807, 2.05) is 24.3 Å². The summed E-state index contributed by atoms with van der Waals surface area (Å²) in [5.41, 5.74) is 2.18. The number of benzene rings is 2. The normalized spacial score (nSPS) is 12.2. The summed E-state index contributed by atoms with van der Waals surface area (Å²) < 4.78 is 18.2. The summed E-state index contributed by atoms with van der Waals surface area (Å²) in [4.78, 5) is 0. The minimum Gasteiger partial charge on any atom is -0.496 e. The third-order valence-electron chi connectivity index (χ3n) is 3.13. The summed E-state index contributed by atoms with van der Waals surface area (Å²) in [6, 6.07) is 14.6. The van der Waals surface area contributed by atoms with Crippen LogP contribution in [0.2, 0.25) is 0 Å². The molecule has 1 N–H and O–H groups in total. The maximum absolute atomic E-state index is 12.8. The molecule has 0 fully saturated rings. The molecule has 0 unspecified atom stereocenters. The van der Waals surface area contributed by atoms with Crippen LogP contribution in [0.4, 0.5) is 4.39 Å². The molecule has 0 aliphatic rings. The minimum absolute atomic E-state index is 0.168. The Balaban J connectivity index is 2.01. The molecule has 0 aliphatic heterocycles. The van der Waals surface area contributed by atoms with Gasteiger partial charge in [-0.25, -0.2) is 4.39 Å². The molecule has 0 aromatic heterocycles. The number of halogens is 1. The molecule has 0 bridgehead atoms. The van der Waals surface area contributed by atoms with E-state index in [1.54, 1.807) is 19.2 Å². The number of hydrogen-bond donors (Lipinski definition) is 1. The lowest BCUT2D eigenvalue weighted by molar-refractivity contribution is 0.401. The van der Waals surface area contributed by atoms with Gasteiger partial charge in [0, 0.05) is 18.2 Å². The Morgan fingerprint density at radius 3 is 2.47 bits per heavy atom. The fourth-order valence-corrected chi connectivity index (χ4v) is 2.01. The lowest BCUT2D eigenvalue weighted by Gasteiger charge is -2.17. The topological polar surface area (TPSA) is 21.3 Å². The van der Waals surface area contributed by atoms with Gasteiger partial charge in [-0.3, -0.25) is 0 Å². The van der Waals surface area contributed by atoms with Crippen molar-refractivity contribution in [3.63, 3.8) is 0 Å². The van der Waals surface area contributed by atoms with Gasteiger partial charge in [0.15, 0.2) is 0 Å². The molecular formula is C16H18FNO. The standard InChI is InChI=1S/C16H18FNO/c1-12(15-5-3-4-6-16(15)19-2)18-11-13-7-9-14(17)10-8-13/h3-10,12,18H,11H2,1-2H3/t12-/m0/s1. The largest absolute Gasteiger partial charge is 0.496 e. The lowest BCUT2D eigenvalue weighted by atomic mass is 10.1. The van der Waals surface area contributed by atoms with Crippen LogP contribution in [0.3, 0.4) is 0 Å². The van der Waals surface area contributed by atoms with E-state index >= 15 is 0 Å². The van der Waals surface area contributed by atoms with Gasteiger partial charge in [0.05, 0.1) is 7.11 Å². The summed E-state index contributed by atoms with van der Waals surface area (Å²) in [5, 5.41) is 3.41. The van der Waals surface area contributed by atoms with Gasteiger partial charge in [-0.05, 0) is 30.7 Å². The van der Waals surface area contributed by atoms with E-state index in [-0.39, 0.29) is 11.9 Å². The van der Waals surface area contributed by atoms with Gasteiger partial charge in [-0.15, -0.1) is 0 Å². The van der Waals surface area contributed by atoms with Gasteiger partial charge in [-0.2, -0.15) is 0 Å². The minimum atomic E-state index is -0.207. The highest BCUT2D eigenvalue weighted by atomic mass is 19.1. The molecule has 2 rings (SSSR count). The zero-order valence-corrected chi connectivity index (χ0v) is 11.2. The van der Waals surface area contributed by atoms with Crippen molar-refractivity contribution in [2.24, 2.45) is 0 Å². The Hall–Kier alpha value is -1.87. The fourth-order valence-electron chi connectivity index (χ4n) is 2.01. The van der Waals surface area contributed by atoms with Crippen molar-refractivity contribution in [2.45, 2.75) is 19.5 Å². The summed E-state index contributed by atoms with van der Waals surface area (Å²) in [7, 11) is 1.67. The van der Waals surface area contributed by atoms with Crippen LogP contribution in [0.5, 0.6) is 5.75 Å². The van der Waals surface area contributed by atoms with Crippen LogP contribution in [0.15, 0.2) is 48.5 Å². The third kappa shape index (κ3) is 3.55. The van der Waals surface area contributed by atoms with E-state index in [0.29, 0.717) is 6.54 Å². The summed E-state index contributed by atoms with van der Waals surface area (Å²) in [6.07, 6.45) is 0. The van der Waals surface area contributed by atoms with E-state index in [9.17, 15) is 4.39 Å². The zero-order chi connectivity index (χ0) is 13.7. The van der Waals surface area contributed by atoms with Gasteiger partial charge in [-0.1, -0.05) is 30.3 Å². The first kappa shape index (κ1) is 13.6. The molecule has 0 saturated heterocycles. The maximum atomic E-state index is 12.8. The Bertz CT molecular complexity index is 525. The van der Waals surface area contributed by atoms with E-state index in [4.69, 9.17) is 4.74 Å². The van der Waals surface area contributed by atoms with E-state index < -0.39 is 0 Å². The van der Waals surface area contributed by atoms with Crippen molar-refractivity contribution >= 4 is 0 Å². The highest BCUT2D eigenvalue weighted by molar-refractivity contribution is 5.35. The van der Waals surface area contributed by atoms with E-state index in [0.717, 1.165) is 16.9 Å². The Morgan fingerprint density at radius 2 is 1.79 bits per heavy atom. The average Bonchev–Trinajstić information content (AvgIpc) is 2.46. The SMILES string of the molecule is COc1ccccc1[C@H](C)NCc1ccc(F)cc1. The second kappa shape index (κ2) is 6.34. The van der Waals surface area contributed by atoms with Crippen molar-refractivity contribution < 1.29 is 9.13 Å². The van der Waals surface area contributed by atoms with Crippen LogP contribution in [-0.4, -0.2) is 7.11 Å². The van der Waals surface area contributed by atoms with Crippen LogP contribution < -0.4 is 10.1 Å². The quantitative estimate of drug-likeness (QED) is 0.884. The molecule has 3 heteroatoms. The molecule has 0 saturated carbocycles. The first-order chi connectivity index (χ1) is 9.20. The van der Waals surface area contributed by atoms with Crippen molar-refractivity contribution in [3.05, 3.63) is 65.5 Å². The number of rotatable bonds is 5. The van der Waals surface area contributed by atoms with Gasteiger partial charge >= 0.3 is 0 Å². The van der Waals surface area contributed by atoms with Crippen molar-refractivity contribution in [1.29, 1.82) is 0 Å². The predicted molar refractivity (Wildman–Crippen MR) is 74.6 cm³/mol. The third-order valence-corrected chi connectivity index (χ3v) is 3.13. The average molecular weight is 259 g/mol. The van der Waals surface area contributed by atoms with Crippen molar-refractivity contribution in [3.8, 4) is 5.75 Å². The molecule has 0 radical (unpaired) electrons. The maximum Gasteiger partial charge on any atom is 0.123 e. The van der Waals surface area contributed by atoms with Crippen molar-refractivity contribution in [2.75, 3.05) is 7.11 Å². The number of hydrogen-bond acceptors (Lipinski definition) is 2. The molecule has 2 aromatic carbocycles. The predicted octanol–water partition coefficient (Wildman–Crippen LogP) is 3.69. The molecule has 100 valence electrons. The molecule has 0 aliphatic carbocycles. The molecule has 1 atom stereocenters. The van der Waals surface area contributed by atoms with Crippen LogP contribution in [0, 0.1) is 5.82 Å². The van der Waals surface area contributed by atoms with E-state index in [1.165, 1.54) is 12.1 Å². The smallest absolute Gasteiger partial charge is 0.123 e. The molecule has 0 heterocycles. The zero-order valence-electron chi connectivity index (χ0n) is 11.2. The van der Waals surface area contributed by atoms with E-state index in [2.05, 4.69) is 12.2 Å². The molecule has 0 amide bonds. The monoisotopic (exact) mass is 259 g/mol. The first-order valence-corrected chi connectivity index (χ1v) is 6.31. The summed E-state index contributed by atoms with van der Waals surface area (Å²) in [6.45, 7) is 2.78. The van der Waals surface area contributed by atoms with Gasteiger partial charge < -0.3 is 10.1 Å². The number of para-hydroxylation sites is 1. The number of nitrogens with one attached hydrogen (secondary N) is 1. The molecule has 2 aromatic rings. The highest BCUT2D eigenvalue weighted by Gasteiger charge is 2.09. The van der Waals surface area contributed by atoms with Gasteiger partial charge in [0.25, 0.3) is 0 Å². The van der Waals surface area contributed by atoms with Crippen LogP contribution in [-0.2, 0) is 6.54 Å². The molecule has 0 spiro atoms. The van der Waals surface area contributed by atoms with Crippen LogP contribution in [0.1, 0.15) is 24.1 Å². The summed E-state index contributed by atoms with van der Waals surface area (Å²) in [5.74, 6) is 0.670. The second-order valence-electron chi connectivity index (χ2n) is 4.47. The van der Waals surface area contributed by atoms with Crippen molar-refractivity contribution in [1.82, 2.24) is 5.32 Å². The van der Waals surface area contributed by atoms with Gasteiger partial charge in [0.1, 0.15) is 11.6 Å². The molecular weight excluding hydrogens is 241 g/mol. The number of methoxy groups -OCH3 is 1. The van der Waals surface area contributed by atoms with Crippen LogP contribution >= 0.6 is 0 Å². The first-order valence-electron chi connectivity index (χ1n) is 6.31. The summed E-state index contributed by atoms with van der Waals surface area (Å²) >= 11 is 0. The lowest BCUT2D eigenvalue weighted by Crippen LogP contribution is -2.18. The highest BCUT2D eigenvalue weighted by Crippen LogP contribution is 2.24.